The first-order valence-electron chi connectivity index (χ1n) is 20.0. The van der Waals surface area contributed by atoms with E-state index in [0.29, 0.717) is 17.5 Å². The molecule has 0 saturated heterocycles. The molecule has 0 atom stereocenters. The molecule has 0 fully saturated rings. The Kier molecular flexibility index (Phi) is 8.31. The summed E-state index contributed by atoms with van der Waals surface area (Å²) in [5.74, 6) is 1.88. The first-order valence-corrected chi connectivity index (χ1v) is 20.8. The number of para-hydroxylation sites is 1. The van der Waals surface area contributed by atoms with Crippen LogP contribution >= 0.6 is 11.3 Å². The standard InChI is InChI=1S/C54H38N4S/c1-33-28-34(2)51(35(3)29-33)40-23-26-47-43(32-40)41-18-10-12-20-46(41)58(47)48-25-22-38(39-24-27-50-44(30-39)42-19-11-13-21-49(42)59-50)31-45(48)54-56-52(36-14-6-4-7-15-36)55-53(57-54)37-16-8-5-9-17-37/h4-32H,1-3H3. The number of nitrogens with zero attached hydrogens (tertiary/aromatic N) is 4. The van der Waals surface area contributed by atoms with Gasteiger partial charge in [-0.15, -0.1) is 11.3 Å². The van der Waals surface area contributed by atoms with Crippen LogP contribution in [0.4, 0.5) is 0 Å². The molecule has 0 spiro atoms. The van der Waals surface area contributed by atoms with Crippen molar-refractivity contribution in [1.29, 1.82) is 0 Å². The molecule has 5 heteroatoms. The van der Waals surface area contributed by atoms with E-state index in [-0.39, 0.29) is 0 Å². The van der Waals surface area contributed by atoms with Crippen molar-refractivity contribution in [3.05, 3.63) is 193 Å². The molecule has 0 aliphatic carbocycles. The van der Waals surface area contributed by atoms with Gasteiger partial charge in [0, 0.05) is 47.6 Å². The molecule has 3 aromatic heterocycles. The SMILES string of the molecule is Cc1cc(C)c(-c2ccc3c(c2)c2ccccc2n3-c2ccc(-c3ccc4sc5ccccc5c4c3)cc2-c2nc(-c3ccccc3)nc(-c3ccccc3)n2)c(C)c1. The number of hydrogen-bond donors (Lipinski definition) is 0. The van der Waals surface area contributed by atoms with E-state index in [1.807, 2.05) is 47.7 Å². The Bertz CT molecular complexity index is 3330. The zero-order valence-corrected chi connectivity index (χ0v) is 33.8. The van der Waals surface area contributed by atoms with Crippen molar-refractivity contribution < 1.29 is 0 Å². The molecule has 11 aromatic rings. The van der Waals surface area contributed by atoms with Crippen LogP contribution in [0.25, 0.3) is 104 Å². The molecule has 3 heterocycles. The maximum Gasteiger partial charge on any atom is 0.166 e. The molecule has 0 aliphatic heterocycles. The molecule has 0 radical (unpaired) electrons. The van der Waals surface area contributed by atoms with E-state index in [9.17, 15) is 0 Å². The lowest BCUT2D eigenvalue weighted by Crippen LogP contribution is -2.04. The summed E-state index contributed by atoms with van der Waals surface area (Å²) in [5, 5.41) is 4.95. The summed E-state index contributed by atoms with van der Waals surface area (Å²) in [4.78, 5) is 15.6. The molecular formula is C54H38N4S. The summed E-state index contributed by atoms with van der Waals surface area (Å²) in [6.45, 7) is 6.61. The van der Waals surface area contributed by atoms with Gasteiger partial charge in [0.15, 0.2) is 17.5 Å². The third-order valence-corrected chi connectivity index (χ3v) is 12.7. The summed E-state index contributed by atoms with van der Waals surface area (Å²) in [6, 6.07) is 62.9. The third-order valence-electron chi connectivity index (χ3n) is 11.5. The molecule has 59 heavy (non-hydrogen) atoms. The van der Waals surface area contributed by atoms with Crippen molar-refractivity contribution in [2.45, 2.75) is 20.8 Å². The van der Waals surface area contributed by atoms with Crippen LogP contribution in [-0.4, -0.2) is 19.5 Å². The minimum atomic E-state index is 0.616. The summed E-state index contributed by atoms with van der Waals surface area (Å²) >= 11 is 1.84. The lowest BCUT2D eigenvalue weighted by Gasteiger charge is -2.17. The normalized spacial score (nSPS) is 11.6. The predicted octanol–water partition coefficient (Wildman–Crippen LogP) is 14.6. The second-order valence-corrected chi connectivity index (χ2v) is 16.5. The van der Waals surface area contributed by atoms with Gasteiger partial charge in [-0.2, -0.15) is 0 Å². The van der Waals surface area contributed by atoms with Gasteiger partial charge in [0.2, 0.25) is 0 Å². The van der Waals surface area contributed by atoms with Gasteiger partial charge in [0.25, 0.3) is 0 Å². The van der Waals surface area contributed by atoms with Crippen LogP contribution in [0.15, 0.2) is 176 Å². The zero-order chi connectivity index (χ0) is 39.6. The Balaban J connectivity index is 1.19. The molecule has 8 aromatic carbocycles. The number of benzene rings is 8. The van der Waals surface area contributed by atoms with Crippen LogP contribution in [0.3, 0.4) is 0 Å². The lowest BCUT2D eigenvalue weighted by atomic mass is 9.93. The first-order chi connectivity index (χ1) is 29.0. The number of aromatic nitrogens is 4. The molecule has 4 nitrogen and oxygen atoms in total. The van der Waals surface area contributed by atoms with Crippen LogP contribution in [0.2, 0.25) is 0 Å². The highest BCUT2D eigenvalue weighted by atomic mass is 32.1. The average Bonchev–Trinajstić information content (AvgIpc) is 3.81. The summed E-state index contributed by atoms with van der Waals surface area (Å²) in [6.07, 6.45) is 0. The number of thiophene rings is 1. The molecule has 11 rings (SSSR count). The van der Waals surface area contributed by atoms with Crippen molar-refractivity contribution >= 4 is 53.3 Å². The van der Waals surface area contributed by atoms with Gasteiger partial charge >= 0.3 is 0 Å². The van der Waals surface area contributed by atoms with Crippen molar-refractivity contribution in [3.8, 4) is 62.1 Å². The van der Waals surface area contributed by atoms with Gasteiger partial charge in [-0.1, -0.05) is 133 Å². The zero-order valence-electron chi connectivity index (χ0n) is 32.9. The van der Waals surface area contributed by atoms with Gasteiger partial charge in [0.1, 0.15) is 0 Å². The number of aryl methyl sites for hydroxylation is 3. The van der Waals surface area contributed by atoms with Crippen LogP contribution in [0.5, 0.6) is 0 Å². The van der Waals surface area contributed by atoms with E-state index < -0.39 is 0 Å². The maximum atomic E-state index is 5.29. The minimum absolute atomic E-state index is 0.616. The fourth-order valence-corrected chi connectivity index (χ4v) is 10.0. The second-order valence-electron chi connectivity index (χ2n) is 15.4. The lowest BCUT2D eigenvalue weighted by molar-refractivity contribution is 1.06. The molecule has 0 bridgehead atoms. The van der Waals surface area contributed by atoms with Gasteiger partial charge < -0.3 is 4.57 Å². The van der Waals surface area contributed by atoms with Crippen molar-refractivity contribution in [2.75, 3.05) is 0 Å². The van der Waals surface area contributed by atoms with Gasteiger partial charge in [-0.3, -0.25) is 0 Å². The van der Waals surface area contributed by atoms with E-state index in [1.165, 1.54) is 58.8 Å². The number of fused-ring (bicyclic) bond motifs is 6. The fourth-order valence-electron chi connectivity index (χ4n) is 8.95. The quantitative estimate of drug-likeness (QED) is 0.169. The van der Waals surface area contributed by atoms with Crippen LogP contribution in [-0.2, 0) is 0 Å². The van der Waals surface area contributed by atoms with Crippen LogP contribution in [0, 0.1) is 20.8 Å². The highest BCUT2D eigenvalue weighted by Gasteiger charge is 2.21. The van der Waals surface area contributed by atoms with E-state index in [0.717, 1.165) is 44.5 Å². The van der Waals surface area contributed by atoms with Crippen molar-refractivity contribution in [2.24, 2.45) is 0 Å². The third kappa shape index (κ3) is 6.01. The molecule has 0 saturated carbocycles. The van der Waals surface area contributed by atoms with Crippen molar-refractivity contribution in [1.82, 2.24) is 19.5 Å². The minimum Gasteiger partial charge on any atom is -0.309 e. The smallest absolute Gasteiger partial charge is 0.166 e. The molecular weight excluding hydrogens is 737 g/mol. The molecule has 0 N–H and O–H groups in total. The largest absolute Gasteiger partial charge is 0.309 e. The molecule has 0 amide bonds. The Hall–Kier alpha value is -7.21. The highest BCUT2D eigenvalue weighted by Crippen LogP contribution is 2.42. The summed E-state index contributed by atoms with van der Waals surface area (Å²) in [5.41, 5.74) is 14.7. The Labute approximate surface area is 346 Å². The second kappa shape index (κ2) is 14.0. The maximum absolute atomic E-state index is 5.29. The van der Waals surface area contributed by atoms with Crippen LogP contribution in [0.1, 0.15) is 16.7 Å². The predicted molar refractivity (Wildman–Crippen MR) is 248 cm³/mol. The number of hydrogen-bond acceptors (Lipinski definition) is 4. The van der Waals surface area contributed by atoms with E-state index in [2.05, 4.69) is 165 Å². The topological polar surface area (TPSA) is 43.6 Å². The Morgan fingerprint density at radius 1 is 0.390 bits per heavy atom. The summed E-state index contributed by atoms with van der Waals surface area (Å²) < 4.78 is 4.97. The molecule has 0 aliphatic rings. The Morgan fingerprint density at radius 3 is 1.66 bits per heavy atom. The van der Waals surface area contributed by atoms with E-state index in [4.69, 9.17) is 15.0 Å². The molecule has 0 unspecified atom stereocenters. The fraction of sp³-hybridized carbons (Fsp3) is 0.0556. The summed E-state index contributed by atoms with van der Waals surface area (Å²) in [7, 11) is 0. The van der Waals surface area contributed by atoms with E-state index >= 15 is 0 Å². The van der Waals surface area contributed by atoms with Crippen LogP contribution < -0.4 is 0 Å². The number of rotatable bonds is 6. The average molecular weight is 775 g/mol. The van der Waals surface area contributed by atoms with Gasteiger partial charge in [-0.05, 0) is 103 Å². The molecule has 280 valence electrons. The van der Waals surface area contributed by atoms with E-state index in [1.54, 1.807) is 0 Å². The van der Waals surface area contributed by atoms with Crippen molar-refractivity contribution in [3.63, 3.8) is 0 Å². The highest BCUT2D eigenvalue weighted by molar-refractivity contribution is 7.25. The monoisotopic (exact) mass is 774 g/mol. The van der Waals surface area contributed by atoms with Gasteiger partial charge in [0.05, 0.1) is 16.7 Å². The van der Waals surface area contributed by atoms with Gasteiger partial charge in [-0.25, -0.2) is 15.0 Å². The Morgan fingerprint density at radius 2 is 0.932 bits per heavy atom. The first kappa shape index (κ1) is 35.0.